The van der Waals surface area contributed by atoms with E-state index in [0.29, 0.717) is 18.2 Å². The van der Waals surface area contributed by atoms with E-state index in [1.54, 1.807) is 0 Å². The van der Waals surface area contributed by atoms with Gasteiger partial charge in [0.25, 0.3) is 0 Å². The quantitative estimate of drug-likeness (QED) is 0.108. The number of allylic oxidation sites excluding steroid dienone is 5. The molecule has 6 rings (SSSR count). The van der Waals surface area contributed by atoms with Crippen molar-refractivity contribution in [2.75, 3.05) is 0 Å². The molecule has 0 aliphatic heterocycles. The Labute approximate surface area is 272 Å². The molecule has 3 heteroatoms. The summed E-state index contributed by atoms with van der Waals surface area (Å²) in [6.07, 6.45) is 6.36. The molecule has 0 saturated heterocycles. The lowest BCUT2D eigenvalue weighted by Gasteiger charge is -2.25. The molecule has 0 aromatic heterocycles. The molecule has 46 heavy (non-hydrogen) atoms. The summed E-state index contributed by atoms with van der Waals surface area (Å²) in [5.74, 6) is 1.02. The van der Waals surface area contributed by atoms with E-state index in [2.05, 4.69) is 112 Å². The monoisotopic (exact) mass is 597 g/mol. The zero-order chi connectivity index (χ0) is 32.1. The molecule has 3 nitrogen and oxygen atoms in total. The van der Waals surface area contributed by atoms with Crippen molar-refractivity contribution in [2.45, 2.75) is 32.7 Å². The molecule has 1 aliphatic rings. The molecular formula is C43H39N3. The lowest BCUT2D eigenvalue weighted by Crippen LogP contribution is -2.17. The Kier molecular flexibility index (Phi) is 8.76. The smallest absolute Gasteiger partial charge is 0.157 e. The molecule has 0 atom stereocenters. The summed E-state index contributed by atoms with van der Waals surface area (Å²) in [7, 11) is 0. The Bertz CT molecular complexity index is 2010. The van der Waals surface area contributed by atoms with E-state index in [1.807, 2.05) is 60.7 Å². The highest BCUT2D eigenvalue weighted by Crippen LogP contribution is 2.51. The van der Waals surface area contributed by atoms with E-state index in [4.69, 9.17) is 15.7 Å². The van der Waals surface area contributed by atoms with Gasteiger partial charge >= 0.3 is 0 Å². The van der Waals surface area contributed by atoms with E-state index in [-0.39, 0.29) is 5.41 Å². The summed E-state index contributed by atoms with van der Waals surface area (Å²) < 4.78 is 0. The van der Waals surface area contributed by atoms with Crippen molar-refractivity contribution < 1.29 is 0 Å². The standard InChI is InChI=1S/C43H39N3/c1-5-31(27-32(6-2)36-24-16-25-38-37-23-13-14-26-39(37)43(3,4)40(36)38)34-21-15-22-35(28-34)42(45-29-30-17-9-7-10-18-30)46-41(44)33-19-11-8-12-20-33/h5-28H,2,29H2,1,3-4H3,(H2,44,45,46)/b31-5+,32-27+. The Morgan fingerprint density at radius 2 is 1.35 bits per heavy atom. The number of nitrogens with zero attached hydrogens (tertiary/aromatic N) is 2. The summed E-state index contributed by atoms with van der Waals surface area (Å²) in [4.78, 5) is 9.81. The first-order chi connectivity index (χ1) is 22.4. The highest BCUT2D eigenvalue weighted by molar-refractivity contribution is 6.11. The normalized spacial score (nSPS) is 14.5. The van der Waals surface area contributed by atoms with Gasteiger partial charge in [0.15, 0.2) is 5.84 Å². The van der Waals surface area contributed by atoms with Crippen LogP contribution in [0.15, 0.2) is 162 Å². The van der Waals surface area contributed by atoms with Gasteiger partial charge in [-0.1, -0.05) is 154 Å². The second kappa shape index (κ2) is 13.2. The van der Waals surface area contributed by atoms with E-state index < -0.39 is 0 Å². The lowest BCUT2D eigenvalue weighted by molar-refractivity contribution is 0.658. The van der Waals surface area contributed by atoms with Gasteiger partial charge in [0.2, 0.25) is 0 Å². The Hall–Kier alpha value is -5.54. The first-order valence-electron chi connectivity index (χ1n) is 15.7. The highest BCUT2D eigenvalue weighted by Gasteiger charge is 2.37. The van der Waals surface area contributed by atoms with Crippen LogP contribution in [0.3, 0.4) is 0 Å². The van der Waals surface area contributed by atoms with Gasteiger partial charge in [-0.3, -0.25) is 4.99 Å². The van der Waals surface area contributed by atoms with Crippen molar-refractivity contribution in [1.82, 2.24) is 0 Å². The van der Waals surface area contributed by atoms with Crippen LogP contribution in [-0.2, 0) is 12.0 Å². The SMILES string of the molecule is C=C/C(=C\C(=C/C)c1cccc(C(N=C(N)c2ccccc2)=NCc2ccccc2)c1)c1cccc2c1C(C)(C)c1ccccc1-2. The summed E-state index contributed by atoms with van der Waals surface area (Å²) in [6.45, 7) is 11.5. The van der Waals surface area contributed by atoms with Gasteiger partial charge in [0.05, 0.1) is 6.54 Å². The van der Waals surface area contributed by atoms with Crippen molar-refractivity contribution in [3.8, 4) is 11.1 Å². The maximum absolute atomic E-state index is 6.51. The average molecular weight is 598 g/mol. The third-order valence-corrected chi connectivity index (χ3v) is 8.74. The van der Waals surface area contributed by atoms with Gasteiger partial charge in [0.1, 0.15) is 5.84 Å². The van der Waals surface area contributed by atoms with Crippen molar-refractivity contribution >= 4 is 22.8 Å². The molecule has 2 N–H and O–H groups in total. The van der Waals surface area contributed by atoms with Gasteiger partial charge < -0.3 is 5.73 Å². The zero-order valence-corrected chi connectivity index (χ0v) is 26.7. The Morgan fingerprint density at radius 3 is 2.09 bits per heavy atom. The summed E-state index contributed by atoms with van der Waals surface area (Å²) in [6, 6.07) is 43.8. The molecule has 0 heterocycles. The molecule has 1 aliphatic carbocycles. The minimum atomic E-state index is -0.124. The number of aliphatic imine (C=N–C) groups is 2. The van der Waals surface area contributed by atoms with Crippen LogP contribution >= 0.6 is 0 Å². The number of hydrogen-bond acceptors (Lipinski definition) is 1. The van der Waals surface area contributed by atoms with Gasteiger partial charge in [-0.25, -0.2) is 4.99 Å². The van der Waals surface area contributed by atoms with E-state index >= 15 is 0 Å². The van der Waals surface area contributed by atoms with Crippen LogP contribution in [-0.4, -0.2) is 11.7 Å². The molecule has 0 amide bonds. The summed E-state index contributed by atoms with van der Waals surface area (Å²) in [5.41, 5.74) is 19.0. The van der Waals surface area contributed by atoms with Crippen LogP contribution < -0.4 is 5.73 Å². The van der Waals surface area contributed by atoms with Gasteiger partial charge in [-0.15, -0.1) is 0 Å². The van der Waals surface area contributed by atoms with Gasteiger partial charge in [0, 0.05) is 16.5 Å². The molecule has 5 aromatic rings. The number of rotatable bonds is 8. The third kappa shape index (κ3) is 6.05. The zero-order valence-electron chi connectivity index (χ0n) is 26.7. The molecule has 5 aromatic carbocycles. The largest absolute Gasteiger partial charge is 0.383 e. The van der Waals surface area contributed by atoms with Crippen LogP contribution in [0.2, 0.25) is 0 Å². The molecule has 0 unspecified atom stereocenters. The minimum absolute atomic E-state index is 0.124. The summed E-state index contributed by atoms with van der Waals surface area (Å²) >= 11 is 0. The second-order valence-corrected chi connectivity index (χ2v) is 12.0. The number of amidine groups is 2. The van der Waals surface area contributed by atoms with Crippen LogP contribution in [0.4, 0.5) is 0 Å². The Morgan fingerprint density at radius 1 is 0.717 bits per heavy atom. The number of hydrogen-bond donors (Lipinski definition) is 1. The molecule has 0 spiro atoms. The molecular weight excluding hydrogens is 558 g/mol. The topological polar surface area (TPSA) is 50.7 Å². The van der Waals surface area contributed by atoms with E-state index in [1.165, 1.54) is 27.8 Å². The van der Waals surface area contributed by atoms with Crippen molar-refractivity contribution in [2.24, 2.45) is 15.7 Å². The predicted molar refractivity (Wildman–Crippen MR) is 196 cm³/mol. The molecule has 0 fully saturated rings. The minimum Gasteiger partial charge on any atom is -0.383 e. The highest BCUT2D eigenvalue weighted by atomic mass is 15.0. The number of nitrogens with two attached hydrogens (primary N) is 1. The summed E-state index contributed by atoms with van der Waals surface area (Å²) in [5, 5.41) is 0. The van der Waals surface area contributed by atoms with Crippen LogP contribution in [0.5, 0.6) is 0 Å². The maximum Gasteiger partial charge on any atom is 0.157 e. The van der Waals surface area contributed by atoms with Crippen molar-refractivity contribution in [3.05, 3.63) is 191 Å². The third-order valence-electron chi connectivity index (χ3n) is 8.74. The fourth-order valence-corrected chi connectivity index (χ4v) is 6.40. The molecule has 0 radical (unpaired) electrons. The fraction of sp³-hybridized carbons (Fsp3) is 0.116. The molecule has 226 valence electrons. The maximum atomic E-state index is 6.51. The van der Waals surface area contributed by atoms with Crippen LogP contribution in [0, 0.1) is 0 Å². The van der Waals surface area contributed by atoms with Crippen molar-refractivity contribution in [3.63, 3.8) is 0 Å². The average Bonchev–Trinajstić information content (AvgIpc) is 3.34. The first kappa shape index (κ1) is 30.5. The van der Waals surface area contributed by atoms with E-state index in [9.17, 15) is 0 Å². The number of benzene rings is 5. The second-order valence-electron chi connectivity index (χ2n) is 12.0. The Balaban J connectivity index is 1.40. The van der Waals surface area contributed by atoms with Gasteiger partial charge in [-0.2, -0.15) is 0 Å². The fourth-order valence-electron chi connectivity index (χ4n) is 6.40. The van der Waals surface area contributed by atoms with Crippen molar-refractivity contribution in [1.29, 1.82) is 0 Å². The first-order valence-corrected chi connectivity index (χ1v) is 15.7. The number of fused-ring (bicyclic) bond motifs is 3. The van der Waals surface area contributed by atoms with Crippen LogP contribution in [0.25, 0.3) is 22.3 Å². The lowest BCUT2D eigenvalue weighted by atomic mass is 9.78. The van der Waals surface area contributed by atoms with Crippen LogP contribution in [0.1, 0.15) is 59.7 Å². The predicted octanol–water partition coefficient (Wildman–Crippen LogP) is 10.0. The molecule has 0 bridgehead atoms. The van der Waals surface area contributed by atoms with Gasteiger partial charge in [-0.05, 0) is 69.2 Å². The molecule has 0 saturated carbocycles. The van der Waals surface area contributed by atoms with E-state index in [0.717, 1.165) is 33.4 Å².